The molecule has 2 unspecified atom stereocenters. The van der Waals surface area contributed by atoms with E-state index in [9.17, 15) is 0 Å². The van der Waals surface area contributed by atoms with Gasteiger partial charge >= 0.3 is 0 Å². The van der Waals surface area contributed by atoms with Gasteiger partial charge in [0.15, 0.2) is 0 Å². The number of hydrogen-bond donors (Lipinski definition) is 1. The average molecular weight is 284 g/mol. The lowest BCUT2D eigenvalue weighted by molar-refractivity contribution is -0.0707. The summed E-state index contributed by atoms with van der Waals surface area (Å²) in [7, 11) is 0. The molecule has 0 aromatic carbocycles. The highest BCUT2D eigenvalue weighted by atomic mass is 35.5. The van der Waals surface area contributed by atoms with Crippen LogP contribution in [-0.2, 0) is 11.3 Å². The molecule has 0 saturated carbocycles. The van der Waals surface area contributed by atoms with Gasteiger partial charge in [0.25, 0.3) is 0 Å². The molecule has 1 N–H and O–H groups in total. The van der Waals surface area contributed by atoms with E-state index >= 15 is 0 Å². The summed E-state index contributed by atoms with van der Waals surface area (Å²) in [6.45, 7) is 9.75. The molecule has 4 nitrogen and oxygen atoms in total. The molecule has 106 valence electrons. The minimum Gasteiger partial charge on any atom is -0.373 e. The number of morpholine rings is 1. The van der Waals surface area contributed by atoms with Crippen LogP contribution in [0.15, 0.2) is 12.1 Å². The van der Waals surface area contributed by atoms with E-state index < -0.39 is 0 Å². The fraction of sp³-hybridized carbons (Fsp3) is 0.643. The molecule has 1 aliphatic heterocycles. The third-order valence-corrected chi connectivity index (χ3v) is 3.49. The van der Waals surface area contributed by atoms with Gasteiger partial charge < -0.3 is 10.1 Å². The fourth-order valence-corrected chi connectivity index (χ4v) is 2.67. The van der Waals surface area contributed by atoms with Gasteiger partial charge in [-0.25, -0.2) is 4.98 Å². The van der Waals surface area contributed by atoms with Crippen molar-refractivity contribution in [2.24, 2.45) is 0 Å². The zero-order valence-corrected chi connectivity index (χ0v) is 12.6. The third-order valence-electron chi connectivity index (χ3n) is 3.15. The minimum absolute atomic E-state index is 0.263. The summed E-state index contributed by atoms with van der Waals surface area (Å²) >= 11 is 6.24. The first kappa shape index (κ1) is 14.6. The van der Waals surface area contributed by atoms with Gasteiger partial charge in [0, 0.05) is 26.2 Å². The maximum Gasteiger partial charge on any atom is 0.126 e. The number of ether oxygens (including phenoxy) is 1. The number of pyridine rings is 1. The number of hydrogen-bond acceptors (Lipinski definition) is 4. The first-order valence-corrected chi connectivity index (χ1v) is 7.23. The number of rotatable bonds is 4. The van der Waals surface area contributed by atoms with E-state index in [4.69, 9.17) is 16.3 Å². The topological polar surface area (TPSA) is 37.4 Å². The van der Waals surface area contributed by atoms with E-state index in [0.29, 0.717) is 0 Å². The van der Waals surface area contributed by atoms with Gasteiger partial charge in [0.2, 0.25) is 0 Å². The molecule has 1 aromatic heterocycles. The second-order valence-corrected chi connectivity index (χ2v) is 5.51. The Bertz CT molecular complexity index is 417. The quantitative estimate of drug-likeness (QED) is 0.922. The van der Waals surface area contributed by atoms with Crippen LogP contribution in [-0.4, -0.2) is 41.7 Å². The summed E-state index contributed by atoms with van der Waals surface area (Å²) in [5.41, 5.74) is 0.932. The van der Waals surface area contributed by atoms with E-state index in [1.807, 2.05) is 12.1 Å². The molecule has 0 aliphatic carbocycles. The molecule has 5 heteroatoms. The van der Waals surface area contributed by atoms with Crippen molar-refractivity contribution in [3.63, 3.8) is 0 Å². The van der Waals surface area contributed by atoms with E-state index in [1.165, 1.54) is 0 Å². The molecule has 2 atom stereocenters. The lowest BCUT2D eigenvalue weighted by atomic mass is 10.2. The average Bonchev–Trinajstić information content (AvgIpc) is 2.32. The van der Waals surface area contributed by atoms with Crippen LogP contribution in [0.3, 0.4) is 0 Å². The Kier molecular flexibility index (Phi) is 5.02. The van der Waals surface area contributed by atoms with Crippen LogP contribution in [0.25, 0.3) is 0 Å². The Hall–Kier alpha value is -0.840. The Balaban J connectivity index is 2.07. The van der Waals surface area contributed by atoms with Crippen molar-refractivity contribution in [2.75, 3.05) is 25.0 Å². The zero-order chi connectivity index (χ0) is 13.8. The maximum atomic E-state index is 6.24. The molecule has 1 aromatic rings. The molecular weight excluding hydrogens is 262 g/mol. The van der Waals surface area contributed by atoms with Crippen molar-refractivity contribution in [1.29, 1.82) is 0 Å². The first-order chi connectivity index (χ1) is 9.08. The molecule has 0 bridgehead atoms. The fourth-order valence-electron chi connectivity index (χ4n) is 2.50. The zero-order valence-electron chi connectivity index (χ0n) is 11.8. The number of nitrogens with zero attached hydrogens (tertiary/aromatic N) is 2. The number of nitrogens with one attached hydrogen (secondary N) is 1. The molecule has 1 saturated heterocycles. The van der Waals surface area contributed by atoms with Crippen molar-refractivity contribution >= 4 is 17.4 Å². The summed E-state index contributed by atoms with van der Waals surface area (Å²) in [6.07, 6.45) is 0.527. The van der Waals surface area contributed by atoms with Crippen LogP contribution in [0.5, 0.6) is 0 Å². The molecule has 1 aliphatic rings. The standard InChI is InChI=1S/C14H22ClN3O/c1-4-16-14-6-5-12(15)13(17-14)9-18-7-10(2)19-11(3)8-18/h5-6,10-11H,4,7-9H2,1-3H3,(H,16,17). The molecule has 0 spiro atoms. The van der Waals surface area contributed by atoms with Crippen LogP contribution in [0.4, 0.5) is 5.82 Å². The van der Waals surface area contributed by atoms with Crippen LogP contribution in [0.1, 0.15) is 26.5 Å². The molecular formula is C14H22ClN3O. The van der Waals surface area contributed by atoms with Gasteiger partial charge in [-0.2, -0.15) is 0 Å². The molecule has 0 radical (unpaired) electrons. The van der Waals surface area contributed by atoms with E-state index in [0.717, 1.165) is 42.7 Å². The van der Waals surface area contributed by atoms with Crippen LogP contribution in [0.2, 0.25) is 5.02 Å². The third kappa shape index (κ3) is 4.06. The summed E-state index contributed by atoms with van der Waals surface area (Å²) in [4.78, 5) is 6.93. The predicted molar refractivity (Wildman–Crippen MR) is 78.7 cm³/mol. The Morgan fingerprint density at radius 2 is 2.05 bits per heavy atom. The van der Waals surface area contributed by atoms with Gasteiger partial charge in [-0.15, -0.1) is 0 Å². The Labute approximate surface area is 120 Å². The highest BCUT2D eigenvalue weighted by molar-refractivity contribution is 6.31. The molecule has 1 fully saturated rings. The summed E-state index contributed by atoms with van der Waals surface area (Å²) in [5.74, 6) is 0.885. The molecule has 0 amide bonds. The number of anilines is 1. The van der Waals surface area contributed by atoms with E-state index in [2.05, 4.69) is 36.0 Å². The second kappa shape index (κ2) is 6.55. The summed E-state index contributed by atoms with van der Waals surface area (Å²) in [5, 5.41) is 3.95. The highest BCUT2D eigenvalue weighted by Crippen LogP contribution is 2.20. The van der Waals surface area contributed by atoms with Gasteiger partial charge in [-0.1, -0.05) is 11.6 Å². The maximum absolute atomic E-state index is 6.24. The van der Waals surface area contributed by atoms with Crippen LogP contribution in [0, 0.1) is 0 Å². The van der Waals surface area contributed by atoms with Gasteiger partial charge in [-0.05, 0) is 32.9 Å². The predicted octanol–water partition coefficient (Wildman–Crippen LogP) is 2.78. The van der Waals surface area contributed by atoms with Crippen molar-refractivity contribution < 1.29 is 4.74 Å². The molecule has 2 heterocycles. The van der Waals surface area contributed by atoms with Crippen molar-refractivity contribution in [1.82, 2.24) is 9.88 Å². The largest absolute Gasteiger partial charge is 0.373 e. The number of aromatic nitrogens is 1. The molecule has 2 rings (SSSR count). The first-order valence-electron chi connectivity index (χ1n) is 6.85. The Morgan fingerprint density at radius 1 is 1.37 bits per heavy atom. The number of halogens is 1. The van der Waals surface area contributed by atoms with Crippen LogP contribution < -0.4 is 5.32 Å². The summed E-state index contributed by atoms with van der Waals surface area (Å²) < 4.78 is 5.74. The second-order valence-electron chi connectivity index (χ2n) is 5.11. The van der Waals surface area contributed by atoms with Crippen LogP contribution >= 0.6 is 11.6 Å². The SMILES string of the molecule is CCNc1ccc(Cl)c(CN2CC(C)OC(C)C2)n1. The normalized spacial score (nSPS) is 24.4. The van der Waals surface area contributed by atoms with Crippen molar-refractivity contribution in [2.45, 2.75) is 39.5 Å². The lowest BCUT2D eigenvalue weighted by Gasteiger charge is -2.35. The van der Waals surface area contributed by atoms with Gasteiger partial charge in [-0.3, -0.25) is 4.90 Å². The van der Waals surface area contributed by atoms with Gasteiger partial charge in [0.05, 0.1) is 22.9 Å². The Morgan fingerprint density at radius 3 is 2.68 bits per heavy atom. The van der Waals surface area contributed by atoms with Crippen molar-refractivity contribution in [3.8, 4) is 0 Å². The van der Waals surface area contributed by atoms with Crippen molar-refractivity contribution in [3.05, 3.63) is 22.8 Å². The highest BCUT2D eigenvalue weighted by Gasteiger charge is 2.23. The summed E-state index contributed by atoms with van der Waals surface area (Å²) in [6, 6.07) is 3.83. The van der Waals surface area contributed by atoms with E-state index in [1.54, 1.807) is 0 Å². The molecule has 19 heavy (non-hydrogen) atoms. The minimum atomic E-state index is 0.263. The van der Waals surface area contributed by atoms with Gasteiger partial charge in [0.1, 0.15) is 5.82 Å². The lowest BCUT2D eigenvalue weighted by Crippen LogP contribution is -2.45. The monoisotopic (exact) mass is 283 g/mol. The van der Waals surface area contributed by atoms with E-state index in [-0.39, 0.29) is 12.2 Å². The smallest absolute Gasteiger partial charge is 0.126 e.